The number of nitrogens with one attached hydrogen (secondary N) is 3. The fraction of sp³-hybridized carbons (Fsp3) is 0.838. The molecule has 8 rings (SSSR count). The van der Waals surface area contributed by atoms with E-state index < -0.39 is 236 Å². The first-order valence-electron chi connectivity index (χ1n) is 38.8. The number of carbonyl (C=O) groups is 12. The smallest absolute Gasteiger partial charge is 0.382 e. The van der Waals surface area contributed by atoms with Crippen LogP contribution in [0.1, 0.15) is 162 Å². The zero-order chi connectivity index (χ0) is 80.3. The number of carbonyl (C=O) groups excluding carboxylic acids is 12. The number of morpholine rings is 1. The summed E-state index contributed by atoms with van der Waals surface area (Å²) in [5.41, 5.74) is -1.71. The molecule has 8 fully saturated rings. The predicted molar refractivity (Wildman–Crippen MR) is 378 cm³/mol. The molecule has 0 aromatic carbocycles. The lowest BCUT2D eigenvalue weighted by Crippen LogP contribution is -2.68. The fourth-order valence-electron chi connectivity index (χ4n) is 17.4. The van der Waals surface area contributed by atoms with Gasteiger partial charge in [-0.25, -0.2) is 8.78 Å². The second-order valence-electron chi connectivity index (χ2n) is 31.8. The number of nitrogens with zero attached hydrogens (tertiary/aromatic N) is 9. The van der Waals surface area contributed by atoms with E-state index in [-0.39, 0.29) is 104 Å². The van der Waals surface area contributed by atoms with Crippen molar-refractivity contribution in [3.63, 3.8) is 0 Å². The Hall–Kier alpha value is -7.04. The molecule has 616 valence electrons. The molecule has 3 N–H and O–H groups in total. The predicted octanol–water partition coefficient (Wildman–Crippen LogP) is 4.56. The number of halogens is 8. The van der Waals surface area contributed by atoms with Crippen LogP contribution in [-0.2, 0) is 71.7 Å². The van der Waals surface area contributed by atoms with E-state index in [1.807, 2.05) is 0 Å². The van der Waals surface area contributed by atoms with Crippen molar-refractivity contribution in [1.29, 1.82) is 0 Å². The monoisotopic (exact) mass is 1560 g/mol. The summed E-state index contributed by atoms with van der Waals surface area (Å²) in [6, 6.07) is -11.6. The van der Waals surface area contributed by atoms with Crippen LogP contribution >= 0.6 is 0 Å². The molecule has 4 heterocycles. The molecular weight excluding hydrogens is 1450 g/mol. The van der Waals surface area contributed by atoms with Gasteiger partial charge in [0.05, 0.1) is 51.4 Å². The largest absolute Gasteiger partial charge is 0.397 e. The van der Waals surface area contributed by atoms with Gasteiger partial charge in [0.15, 0.2) is 0 Å². The normalized spacial score (nSPS) is 32.5. The minimum absolute atomic E-state index is 0.00208. The number of ether oxygens (including phenoxy) is 3. The van der Waals surface area contributed by atoms with Gasteiger partial charge in [-0.2, -0.15) is 26.3 Å². The SMILES string of the molecule is CC[C@H](C)[C@@H]1NC(=O)[C@H](COC)N(C)C(=O)C[C@@H](C(=O)N2CCOCC2)N(C)C(=O)[C@H](C2CCCC2)N(C)C(=O)C2(CCC2)NC(=O)[C@@H]2C[C@@H](OC)CN2C(=O)[C@H](CCC2CC(F)C(C(F)(F)F)C(F)C2)NC(=O)CN(C)C(=O)[C@H](CC2CCC(C(F)(F)F)CC2)N2CCCCC[C@@H](C2=O)N(C)C(=O)CN(C)C1=O. The molecule has 4 aliphatic carbocycles. The highest BCUT2D eigenvalue weighted by atomic mass is 19.4. The van der Waals surface area contributed by atoms with Crippen LogP contribution in [0.25, 0.3) is 0 Å². The average molecular weight is 1560 g/mol. The van der Waals surface area contributed by atoms with Gasteiger partial charge in [-0.1, -0.05) is 46.0 Å². The van der Waals surface area contributed by atoms with Crippen molar-refractivity contribution in [2.45, 2.75) is 246 Å². The van der Waals surface area contributed by atoms with E-state index in [0.29, 0.717) is 57.8 Å². The van der Waals surface area contributed by atoms with Crippen molar-refractivity contribution in [3.05, 3.63) is 0 Å². The van der Waals surface area contributed by atoms with E-state index in [4.69, 9.17) is 14.2 Å². The fourth-order valence-corrected chi connectivity index (χ4v) is 17.4. The summed E-state index contributed by atoms with van der Waals surface area (Å²) in [7, 11) is 10.5. The molecule has 109 heavy (non-hydrogen) atoms. The topological polar surface area (TPSA) is 298 Å². The minimum atomic E-state index is -5.22. The summed E-state index contributed by atoms with van der Waals surface area (Å²) in [4.78, 5) is 192. The summed E-state index contributed by atoms with van der Waals surface area (Å²) >= 11 is 0. The third-order valence-corrected chi connectivity index (χ3v) is 24.7. The molecule has 12 amide bonds. The molecule has 2 bridgehead atoms. The van der Waals surface area contributed by atoms with E-state index >= 15 is 37.5 Å². The maximum atomic E-state index is 15.7. The van der Waals surface area contributed by atoms with Crippen molar-refractivity contribution in [1.82, 2.24) is 60.0 Å². The number of methoxy groups -OCH3 is 2. The molecule has 0 radical (unpaired) electrons. The summed E-state index contributed by atoms with van der Waals surface area (Å²) in [6.07, 6.45) is -15.6. The molecule has 2 unspecified atom stereocenters. The quantitative estimate of drug-likeness (QED) is 0.226. The molecule has 4 saturated heterocycles. The van der Waals surface area contributed by atoms with Gasteiger partial charge < -0.3 is 74.3 Å². The molecule has 8 aliphatic rings. The van der Waals surface area contributed by atoms with Crippen LogP contribution in [0, 0.1) is 35.5 Å². The van der Waals surface area contributed by atoms with Crippen LogP contribution in [-0.4, -0.2) is 315 Å². The number of likely N-dealkylation sites (N-methyl/N-ethyl adjacent to an activating group) is 6. The molecule has 1 spiro atoms. The van der Waals surface area contributed by atoms with E-state index in [9.17, 15) is 55.1 Å². The zero-order valence-corrected chi connectivity index (χ0v) is 64.6. The molecule has 4 saturated carbocycles. The van der Waals surface area contributed by atoms with E-state index in [1.54, 1.807) is 13.8 Å². The molecule has 0 aromatic rings. The van der Waals surface area contributed by atoms with Gasteiger partial charge >= 0.3 is 12.4 Å². The maximum absolute atomic E-state index is 15.7. The Morgan fingerprint density at radius 1 is 0.606 bits per heavy atom. The van der Waals surface area contributed by atoms with E-state index in [1.165, 1.54) is 71.2 Å². The van der Waals surface area contributed by atoms with Crippen molar-refractivity contribution < 1.29 is 107 Å². The molecular formula is C74H114F8N12O15. The number of amides is 12. The van der Waals surface area contributed by atoms with E-state index in [0.717, 1.165) is 29.4 Å². The third kappa shape index (κ3) is 21.0. The second kappa shape index (κ2) is 38.0. The lowest BCUT2D eigenvalue weighted by Gasteiger charge is -2.47. The highest BCUT2D eigenvalue weighted by Crippen LogP contribution is 2.46. The van der Waals surface area contributed by atoms with Crippen LogP contribution < -0.4 is 16.0 Å². The number of rotatable bonds is 12. The van der Waals surface area contributed by atoms with Crippen molar-refractivity contribution in [2.24, 2.45) is 35.5 Å². The zero-order valence-electron chi connectivity index (χ0n) is 64.6. The minimum Gasteiger partial charge on any atom is -0.382 e. The maximum Gasteiger partial charge on any atom is 0.397 e. The Morgan fingerprint density at radius 3 is 1.81 bits per heavy atom. The molecule has 27 nitrogen and oxygen atoms in total. The first-order chi connectivity index (χ1) is 51.4. The Morgan fingerprint density at radius 2 is 1.23 bits per heavy atom. The Labute approximate surface area is 632 Å². The second-order valence-corrected chi connectivity index (χ2v) is 31.8. The molecule has 35 heteroatoms. The van der Waals surface area contributed by atoms with Crippen molar-refractivity contribution in [2.75, 3.05) is 116 Å². The Balaban J connectivity index is 1.20. The molecule has 12 atom stereocenters. The number of hydrogen-bond acceptors (Lipinski definition) is 15. The first-order valence-corrected chi connectivity index (χ1v) is 38.8. The van der Waals surface area contributed by atoms with Crippen LogP contribution in [0.15, 0.2) is 0 Å². The van der Waals surface area contributed by atoms with Gasteiger partial charge in [0.25, 0.3) is 0 Å². The van der Waals surface area contributed by atoms with Crippen LogP contribution in [0.4, 0.5) is 35.1 Å². The lowest BCUT2D eigenvalue weighted by molar-refractivity contribution is -0.219. The van der Waals surface area contributed by atoms with E-state index in [2.05, 4.69) is 16.0 Å². The number of alkyl halides is 8. The van der Waals surface area contributed by atoms with Gasteiger partial charge in [0.2, 0.25) is 70.9 Å². The van der Waals surface area contributed by atoms with Crippen LogP contribution in [0.2, 0.25) is 0 Å². The van der Waals surface area contributed by atoms with Crippen molar-refractivity contribution >= 4 is 70.9 Å². The Kier molecular flexibility index (Phi) is 30.5. The standard InChI is InChI=1S/C74H114F8N12O15/c1-11-43(2)61-69(104)87(4)41-59(97)88(5)52-20-13-12-16-29-93(68(52)103)55(36-44-21-24-47(25-22-44)73(77,78)79)66(101)86(3)40-57(95)83-51(26-23-45-34-49(75)60(50(76)35-45)74(80,81)82)65(100)94-39-48(108-10)37-53(94)64(99)85-72(27-17-28-72)71(106)91(8)62(46-18-14-15-19-46)70(105)90(7)54(67(102)92-30-32-109-33-31-92)38-58(96)89(6)56(42-107-9)63(98)84-61/h43-56,60-62H,11-42H2,1-10H3,(H,83,95)(H,84,98)(H,85,99)/t43-,44?,45?,47?,48+,49?,50?,51-,52-,53-,54-,55-,56-,60?,61-,62-/m0/s1. The van der Waals surface area contributed by atoms with Crippen molar-refractivity contribution in [3.8, 4) is 0 Å². The third-order valence-electron chi connectivity index (χ3n) is 24.7. The summed E-state index contributed by atoms with van der Waals surface area (Å²) in [5.74, 6) is -17.0. The highest BCUT2D eigenvalue weighted by Gasteiger charge is 2.56. The highest BCUT2D eigenvalue weighted by molar-refractivity contribution is 6.01. The number of fused-ring (bicyclic) bond motifs is 3. The molecule has 4 aliphatic heterocycles. The lowest BCUT2D eigenvalue weighted by atomic mass is 9.74. The summed E-state index contributed by atoms with van der Waals surface area (Å²) < 4.78 is 132. The van der Waals surface area contributed by atoms with Gasteiger partial charge in [-0.15, -0.1) is 0 Å². The van der Waals surface area contributed by atoms with Gasteiger partial charge in [-0.3, -0.25) is 57.5 Å². The van der Waals surface area contributed by atoms with Gasteiger partial charge in [0.1, 0.15) is 72.1 Å². The molecule has 0 aromatic heterocycles. The van der Waals surface area contributed by atoms with Crippen LogP contribution in [0.5, 0.6) is 0 Å². The van der Waals surface area contributed by atoms with Gasteiger partial charge in [0, 0.05) is 89.1 Å². The van der Waals surface area contributed by atoms with Gasteiger partial charge in [-0.05, 0) is 126 Å². The summed E-state index contributed by atoms with van der Waals surface area (Å²) in [5, 5.41) is 8.31. The first kappa shape index (κ1) is 87.5. The number of hydrogen-bond donors (Lipinski definition) is 3. The summed E-state index contributed by atoms with van der Waals surface area (Å²) in [6.45, 7) is 1.53. The Bertz CT molecular complexity index is 3210. The average Bonchev–Trinajstić information content (AvgIpc) is 1.70. The van der Waals surface area contributed by atoms with Crippen LogP contribution in [0.3, 0.4) is 0 Å².